The molecule has 0 aromatic carbocycles. The molecule has 0 spiro atoms. The Morgan fingerprint density at radius 3 is 2.50 bits per heavy atom. The predicted octanol–water partition coefficient (Wildman–Crippen LogP) is -0.260. The van der Waals surface area contributed by atoms with Crippen LogP contribution >= 0.6 is 0 Å². The third kappa shape index (κ3) is 4.31. The number of hydrogen-bond acceptors (Lipinski definition) is 3. The smallest absolute Gasteiger partial charge is 0.247 e. The number of primary amides is 1. The Balaban J connectivity index is 3.56. The molecule has 0 aliphatic heterocycles. The molecular weight excluding hydrogens is 156 g/mol. The lowest BCUT2D eigenvalue weighted by Gasteiger charge is -2.14. The molecule has 0 unspecified atom stereocenters. The van der Waals surface area contributed by atoms with E-state index in [4.69, 9.17) is 16.6 Å². The number of rotatable bonds is 6. The Kier molecular flexibility index (Phi) is 5.66. The van der Waals surface area contributed by atoms with E-state index < -0.39 is 18.1 Å². The molecule has 5 N–H and O–H groups in total. The Hall–Kier alpha value is -0.610. The molecule has 0 aromatic rings. The first-order chi connectivity index (χ1) is 5.59. The fraction of sp³-hybridized carbons (Fsp3) is 0.875. The van der Waals surface area contributed by atoms with E-state index >= 15 is 0 Å². The summed E-state index contributed by atoms with van der Waals surface area (Å²) in [6, 6.07) is -0.506. The van der Waals surface area contributed by atoms with Gasteiger partial charge in [0.1, 0.15) is 6.10 Å². The van der Waals surface area contributed by atoms with E-state index in [1.807, 2.05) is 0 Å². The van der Waals surface area contributed by atoms with Crippen molar-refractivity contribution in [2.75, 3.05) is 0 Å². The number of amides is 1. The molecule has 0 aliphatic carbocycles. The quantitative estimate of drug-likeness (QED) is 0.485. The molecule has 72 valence electrons. The summed E-state index contributed by atoms with van der Waals surface area (Å²) in [6.07, 6.45) is 2.56. The maximum atomic E-state index is 10.5. The lowest BCUT2D eigenvalue weighted by Crippen LogP contribution is -2.43. The lowest BCUT2D eigenvalue weighted by atomic mass is 10.0. The Morgan fingerprint density at radius 2 is 2.08 bits per heavy atom. The van der Waals surface area contributed by atoms with Gasteiger partial charge in [0.05, 0.1) is 0 Å². The molecular formula is C8H18N2O2. The zero-order valence-corrected chi connectivity index (χ0v) is 7.49. The summed E-state index contributed by atoms with van der Waals surface area (Å²) < 4.78 is 0. The first-order valence-electron chi connectivity index (χ1n) is 4.32. The third-order valence-electron chi connectivity index (χ3n) is 1.84. The minimum atomic E-state index is -1.19. The van der Waals surface area contributed by atoms with Crippen LogP contribution in [0.1, 0.15) is 32.6 Å². The van der Waals surface area contributed by atoms with Crippen LogP contribution in [0.3, 0.4) is 0 Å². The molecule has 4 heteroatoms. The number of hydrogen-bond donors (Lipinski definition) is 3. The zero-order valence-electron chi connectivity index (χ0n) is 7.49. The van der Waals surface area contributed by atoms with Crippen molar-refractivity contribution in [3.05, 3.63) is 0 Å². The molecule has 0 radical (unpaired) electrons. The van der Waals surface area contributed by atoms with Gasteiger partial charge in [-0.05, 0) is 6.42 Å². The summed E-state index contributed by atoms with van der Waals surface area (Å²) in [4.78, 5) is 10.5. The fourth-order valence-electron chi connectivity index (χ4n) is 0.999. The number of carbonyl (C=O) groups is 1. The Morgan fingerprint density at radius 1 is 1.50 bits per heavy atom. The van der Waals surface area contributed by atoms with Crippen LogP contribution in [-0.4, -0.2) is 23.2 Å². The highest BCUT2D eigenvalue weighted by atomic mass is 16.3. The van der Waals surface area contributed by atoms with Crippen molar-refractivity contribution in [2.45, 2.75) is 44.8 Å². The molecule has 0 rings (SSSR count). The Labute approximate surface area is 72.9 Å². The van der Waals surface area contributed by atoms with Crippen molar-refractivity contribution >= 4 is 5.91 Å². The van der Waals surface area contributed by atoms with Gasteiger partial charge < -0.3 is 16.6 Å². The fourth-order valence-corrected chi connectivity index (χ4v) is 0.999. The minimum absolute atomic E-state index is 0.506. The molecule has 0 saturated heterocycles. The number of carbonyl (C=O) groups excluding carboxylic acids is 1. The van der Waals surface area contributed by atoms with E-state index in [1.54, 1.807) is 0 Å². The van der Waals surface area contributed by atoms with Gasteiger partial charge in [-0.1, -0.05) is 26.2 Å². The van der Waals surface area contributed by atoms with Crippen molar-refractivity contribution in [3.63, 3.8) is 0 Å². The van der Waals surface area contributed by atoms with Crippen molar-refractivity contribution < 1.29 is 9.90 Å². The van der Waals surface area contributed by atoms with Gasteiger partial charge in [-0.3, -0.25) is 4.79 Å². The molecule has 12 heavy (non-hydrogen) atoms. The highest BCUT2D eigenvalue weighted by molar-refractivity contribution is 5.79. The summed E-state index contributed by atoms with van der Waals surface area (Å²) in [5.41, 5.74) is 10.4. The number of aliphatic hydroxyl groups is 1. The van der Waals surface area contributed by atoms with E-state index in [2.05, 4.69) is 6.92 Å². The van der Waals surface area contributed by atoms with Gasteiger partial charge >= 0.3 is 0 Å². The average Bonchev–Trinajstić information content (AvgIpc) is 2.03. The first-order valence-corrected chi connectivity index (χ1v) is 4.32. The second kappa shape index (κ2) is 5.97. The van der Waals surface area contributed by atoms with Gasteiger partial charge in [-0.2, -0.15) is 0 Å². The summed E-state index contributed by atoms with van der Waals surface area (Å²) in [5, 5.41) is 9.09. The SMILES string of the molecule is CCCCC[C@@H](N)[C@@H](O)C(N)=O. The maximum Gasteiger partial charge on any atom is 0.247 e. The molecule has 4 nitrogen and oxygen atoms in total. The predicted molar refractivity (Wildman–Crippen MR) is 47.3 cm³/mol. The van der Waals surface area contributed by atoms with Gasteiger partial charge in [-0.25, -0.2) is 0 Å². The van der Waals surface area contributed by atoms with Crippen LogP contribution in [0, 0.1) is 0 Å². The number of aliphatic hydroxyl groups excluding tert-OH is 1. The standard InChI is InChI=1S/C8H18N2O2/c1-2-3-4-5-6(9)7(11)8(10)12/h6-7,11H,2-5,9H2,1H3,(H2,10,12)/t6-,7-/m1/s1. The number of nitrogens with two attached hydrogens (primary N) is 2. The molecule has 0 aromatic heterocycles. The number of unbranched alkanes of at least 4 members (excludes halogenated alkanes) is 2. The Bertz CT molecular complexity index is 139. The summed E-state index contributed by atoms with van der Waals surface area (Å²) >= 11 is 0. The van der Waals surface area contributed by atoms with Crippen molar-refractivity contribution in [2.24, 2.45) is 11.5 Å². The molecule has 0 fully saturated rings. The van der Waals surface area contributed by atoms with Crippen LogP contribution in [0.4, 0.5) is 0 Å². The second-order valence-corrected chi connectivity index (χ2v) is 3.01. The van der Waals surface area contributed by atoms with Crippen LogP contribution < -0.4 is 11.5 Å². The highest BCUT2D eigenvalue weighted by Crippen LogP contribution is 2.04. The lowest BCUT2D eigenvalue weighted by molar-refractivity contribution is -0.127. The minimum Gasteiger partial charge on any atom is -0.382 e. The average molecular weight is 174 g/mol. The van der Waals surface area contributed by atoms with Crippen LogP contribution in [0.2, 0.25) is 0 Å². The second-order valence-electron chi connectivity index (χ2n) is 3.01. The topological polar surface area (TPSA) is 89.3 Å². The van der Waals surface area contributed by atoms with E-state index in [0.717, 1.165) is 19.3 Å². The van der Waals surface area contributed by atoms with Gasteiger partial charge in [0.2, 0.25) is 5.91 Å². The molecule has 2 atom stereocenters. The van der Waals surface area contributed by atoms with Gasteiger partial charge in [0.15, 0.2) is 0 Å². The van der Waals surface area contributed by atoms with Crippen molar-refractivity contribution in [1.82, 2.24) is 0 Å². The van der Waals surface area contributed by atoms with Gasteiger partial charge in [-0.15, -0.1) is 0 Å². The molecule has 0 aliphatic rings. The first kappa shape index (κ1) is 11.4. The van der Waals surface area contributed by atoms with E-state index in [1.165, 1.54) is 0 Å². The van der Waals surface area contributed by atoms with Crippen LogP contribution in [0.25, 0.3) is 0 Å². The molecule has 0 bridgehead atoms. The monoisotopic (exact) mass is 174 g/mol. The zero-order chi connectivity index (χ0) is 9.56. The van der Waals surface area contributed by atoms with Gasteiger partial charge in [0, 0.05) is 6.04 Å². The maximum absolute atomic E-state index is 10.5. The van der Waals surface area contributed by atoms with E-state index in [9.17, 15) is 4.79 Å². The van der Waals surface area contributed by atoms with Gasteiger partial charge in [0.25, 0.3) is 0 Å². The summed E-state index contributed by atoms with van der Waals surface area (Å²) in [7, 11) is 0. The third-order valence-corrected chi connectivity index (χ3v) is 1.84. The van der Waals surface area contributed by atoms with E-state index in [0.29, 0.717) is 6.42 Å². The van der Waals surface area contributed by atoms with Crippen LogP contribution in [-0.2, 0) is 4.79 Å². The normalized spacial score (nSPS) is 15.6. The van der Waals surface area contributed by atoms with Crippen LogP contribution in [0.15, 0.2) is 0 Å². The highest BCUT2D eigenvalue weighted by Gasteiger charge is 2.19. The van der Waals surface area contributed by atoms with E-state index in [-0.39, 0.29) is 0 Å². The molecule has 0 heterocycles. The van der Waals surface area contributed by atoms with Crippen LogP contribution in [0.5, 0.6) is 0 Å². The van der Waals surface area contributed by atoms with Crippen molar-refractivity contribution in [1.29, 1.82) is 0 Å². The summed E-state index contributed by atoms with van der Waals surface area (Å²) in [5.74, 6) is -0.737. The largest absolute Gasteiger partial charge is 0.382 e. The van der Waals surface area contributed by atoms with Crippen molar-refractivity contribution in [3.8, 4) is 0 Å². The summed E-state index contributed by atoms with van der Waals surface area (Å²) in [6.45, 7) is 2.08. The molecule has 0 saturated carbocycles. The molecule has 1 amide bonds.